The van der Waals surface area contributed by atoms with E-state index in [9.17, 15) is 4.39 Å². The molecule has 4 heterocycles. The van der Waals surface area contributed by atoms with Crippen LogP contribution in [0.5, 0.6) is 0 Å². The third-order valence-electron chi connectivity index (χ3n) is 4.69. The van der Waals surface area contributed by atoms with Gasteiger partial charge in [0.15, 0.2) is 11.6 Å². The molecule has 0 radical (unpaired) electrons. The number of nitrogens with one attached hydrogen (secondary N) is 1. The second kappa shape index (κ2) is 6.19. The van der Waals surface area contributed by atoms with Gasteiger partial charge in [-0.2, -0.15) is 11.3 Å². The van der Waals surface area contributed by atoms with Gasteiger partial charge in [0.05, 0.1) is 18.2 Å². The number of thiophene rings is 1. The van der Waals surface area contributed by atoms with Crippen LogP contribution in [-0.4, -0.2) is 41.2 Å². The van der Waals surface area contributed by atoms with E-state index in [1.165, 1.54) is 11.6 Å². The Morgan fingerprint density at radius 2 is 2.43 bits per heavy atom. The second-order valence-corrected chi connectivity index (χ2v) is 7.25. The lowest BCUT2D eigenvalue weighted by molar-refractivity contribution is 0.0120. The summed E-state index contributed by atoms with van der Waals surface area (Å²) in [6.45, 7) is 3.61. The molecule has 2 atom stereocenters. The number of hydrogen-bond acceptors (Lipinski definition) is 5. The molecule has 1 spiro atoms. The Morgan fingerprint density at radius 1 is 1.48 bits per heavy atom. The van der Waals surface area contributed by atoms with Crippen LogP contribution in [0.2, 0.25) is 0 Å². The lowest BCUT2D eigenvalue weighted by atomic mass is 9.97. The van der Waals surface area contributed by atoms with Crippen LogP contribution >= 0.6 is 11.3 Å². The fourth-order valence-electron chi connectivity index (χ4n) is 3.61. The highest BCUT2D eigenvalue weighted by Gasteiger charge is 2.45. The summed E-state index contributed by atoms with van der Waals surface area (Å²) in [7, 11) is 0. The van der Waals surface area contributed by atoms with Crippen LogP contribution in [0.4, 0.5) is 10.2 Å². The fraction of sp³-hybridized carbons (Fsp3) is 0.471. The molecule has 23 heavy (non-hydrogen) atoms. The van der Waals surface area contributed by atoms with Gasteiger partial charge in [-0.05, 0) is 40.9 Å². The third-order valence-corrected chi connectivity index (χ3v) is 5.42. The Bertz CT molecular complexity index is 666. The number of pyridine rings is 1. The lowest BCUT2D eigenvalue weighted by Crippen LogP contribution is -2.33. The maximum absolute atomic E-state index is 13.7. The predicted octanol–water partition coefficient (Wildman–Crippen LogP) is 3.13. The topological polar surface area (TPSA) is 37.4 Å². The van der Waals surface area contributed by atoms with E-state index in [1.807, 2.05) is 0 Å². The van der Waals surface area contributed by atoms with Gasteiger partial charge < -0.3 is 10.1 Å². The van der Waals surface area contributed by atoms with E-state index in [0.717, 1.165) is 32.5 Å². The molecular formula is C17H20FN3OS. The van der Waals surface area contributed by atoms with Gasteiger partial charge in [-0.15, -0.1) is 0 Å². The van der Waals surface area contributed by atoms with Crippen molar-refractivity contribution in [1.82, 2.24) is 9.88 Å². The van der Waals surface area contributed by atoms with Gasteiger partial charge in [-0.1, -0.05) is 0 Å². The Labute approximate surface area is 139 Å². The first-order valence-electron chi connectivity index (χ1n) is 7.97. The van der Waals surface area contributed by atoms with E-state index in [4.69, 9.17) is 4.74 Å². The summed E-state index contributed by atoms with van der Waals surface area (Å²) in [4.78, 5) is 6.52. The largest absolute Gasteiger partial charge is 0.371 e. The number of anilines is 1. The molecule has 2 saturated heterocycles. The predicted molar refractivity (Wildman–Crippen MR) is 89.1 cm³/mol. The average Bonchev–Trinajstić information content (AvgIpc) is 3.26. The summed E-state index contributed by atoms with van der Waals surface area (Å²) < 4.78 is 19.8. The zero-order valence-corrected chi connectivity index (χ0v) is 13.7. The third kappa shape index (κ3) is 3.24. The number of hydrogen-bond donors (Lipinski definition) is 1. The zero-order chi connectivity index (χ0) is 15.7. The van der Waals surface area contributed by atoms with Crippen LogP contribution in [0.15, 0.2) is 35.2 Å². The SMILES string of the molecule is Fc1cccnc1N[C@@H]1CO[C@@]2(CCN(Cc3ccsc3)C2)C1. The number of rotatable bonds is 4. The Morgan fingerprint density at radius 3 is 3.26 bits per heavy atom. The summed E-state index contributed by atoms with van der Waals surface area (Å²) in [5.74, 6) is 0.0187. The first-order chi connectivity index (χ1) is 11.2. The van der Waals surface area contributed by atoms with Crippen molar-refractivity contribution in [2.45, 2.75) is 31.0 Å². The number of ether oxygens (including phenoxy) is 1. The first-order valence-corrected chi connectivity index (χ1v) is 8.91. The molecule has 0 saturated carbocycles. The van der Waals surface area contributed by atoms with E-state index in [1.54, 1.807) is 23.6 Å². The highest BCUT2D eigenvalue weighted by atomic mass is 32.1. The van der Waals surface area contributed by atoms with Gasteiger partial charge in [0.25, 0.3) is 0 Å². The van der Waals surface area contributed by atoms with Crippen LogP contribution in [0, 0.1) is 5.82 Å². The maximum Gasteiger partial charge on any atom is 0.165 e. The second-order valence-electron chi connectivity index (χ2n) is 6.47. The van der Waals surface area contributed by atoms with Crippen LogP contribution < -0.4 is 5.32 Å². The highest BCUT2D eigenvalue weighted by Crippen LogP contribution is 2.36. The molecule has 2 aromatic heterocycles. The molecule has 1 N–H and O–H groups in total. The van der Waals surface area contributed by atoms with Crippen LogP contribution in [0.25, 0.3) is 0 Å². The molecule has 0 aliphatic carbocycles. The number of aromatic nitrogens is 1. The average molecular weight is 333 g/mol. The van der Waals surface area contributed by atoms with E-state index in [2.05, 4.69) is 32.0 Å². The van der Waals surface area contributed by atoms with Crippen molar-refractivity contribution in [3.05, 3.63) is 46.5 Å². The van der Waals surface area contributed by atoms with Gasteiger partial charge in [0.1, 0.15) is 0 Å². The monoisotopic (exact) mass is 333 g/mol. The smallest absolute Gasteiger partial charge is 0.165 e. The van der Waals surface area contributed by atoms with Gasteiger partial charge in [-0.25, -0.2) is 9.37 Å². The number of likely N-dealkylation sites (tertiary alicyclic amines) is 1. The molecule has 2 aromatic rings. The van der Waals surface area contributed by atoms with Crippen molar-refractivity contribution in [3.8, 4) is 0 Å². The minimum atomic E-state index is -0.307. The highest BCUT2D eigenvalue weighted by molar-refractivity contribution is 7.07. The van der Waals surface area contributed by atoms with Gasteiger partial charge in [0.2, 0.25) is 0 Å². The van der Waals surface area contributed by atoms with Gasteiger partial charge in [0, 0.05) is 32.3 Å². The van der Waals surface area contributed by atoms with E-state index in [0.29, 0.717) is 12.4 Å². The molecule has 0 amide bonds. The lowest BCUT2D eigenvalue weighted by Gasteiger charge is -2.23. The minimum absolute atomic E-state index is 0.0844. The van der Waals surface area contributed by atoms with Crippen molar-refractivity contribution >= 4 is 17.2 Å². The van der Waals surface area contributed by atoms with Crippen LogP contribution in [-0.2, 0) is 11.3 Å². The number of nitrogens with zero attached hydrogens (tertiary/aromatic N) is 2. The van der Waals surface area contributed by atoms with Crippen molar-refractivity contribution in [3.63, 3.8) is 0 Å². The Balaban J connectivity index is 1.36. The zero-order valence-electron chi connectivity index (χ0n) is 12.9. The molecular weight excluding hydrogens is 313 g/mol. The molecule has 2 fully saturated rings. The van der Waals surface area contributed by atoms with E-state index >= 15 is 0 Å². The van der Waals surface area contributed by atoms with Crippen molar-refractivity contribution in [2.75, 3.05) is 25.0 Å². The fourth-order valence-corrected chi connectivity index (χ4v) is 4.27. The summed E-state index contributed by atoms with van der Waals surface area (Å²) in [6, 6.07) is 5.34. The molecule has 4 rings (SSSR count). The van der Waals surface area contributed by atoms with E-state index < -0.39 is 0 Å². The van der Waals surface area contributed by atoms with Gasteiger partial charge in [-0.3, -0.25) is 4.90 Å². The summed E-state index contributed by atoms with van der Waals surface area (Å²) >= 11 is 1.74. The van der Waals surface area contributed by atoms with Crippen LogP contribution in [0.3, 0.4) is 0 Å². The summed E-state index contributed by atoms with van der Waals surface area (Å²) in [5, 5.41) is 7.52. The normalized spacial score (nSPS) is 27.8. The quantitative estimate of drug-likeness (QED) is 0.933. The van der Waals surface area contributed by atoms with Gasteiger partial charge >= 0.3 is 0 Å². The molecule has 2 aliphatic rings. The summed E-state index contributed by atoms with van der Waals surface area (Å²) in [6.07, 6.45) is 3.55. The Kier molecular flexibility index (Phi) is 4.05. The van der Waals surface area contributed by atoms with Crippen molar-refractivity contribution in [1.29, 1.82) is 0 Å². The molecule has 0 bridgehead atoms. The Hall–Kier alpha value is -1.50. The molecule has 0 aromatic carbocycles. The number of halogens is 1. The standard InChI is InChI=1S/C17H20FN3OS/c18-15-2-1-5-19-16(15)20-14-8-17(22-10-14)4-6-21(12-17)9-13-3-7-23-11-13/h1-3,5,7,11,14H,4,6,8-10,12H2,(H,19,20)/t14-,17-/m0/s1. The van der Waals surface area contributed by atoms with Crippen LogP contribution in [0.1, 0.15) is 18.4 Å². The maximum atomic E-state index is 13.7. The molecule has 122 valence electrons. The van der Waals surface area contributed by atoms with E-state index in [-0.39, 0.29) is 17.5 Å². The molecule has 4 nitrogen and oxygen atoms in total. The molecule has 6 heteroatoms. The molecule has 0 unspecified atom stereocenters. The minimum Gasteiger partial charge on any atom is -0.371 e. The van der Waals surface area contributed by atoms with Crippen molar-refractivity contribution < 1.29 is 9.13 Å². The van der Waals surface area contributed by atoms with Crippen molar-refractivity contribution in [2.24, 2.45) is 0 Å². The summed E-state index contributed by atoms with van der Waals surface area (Å²) in [5.41, 5.74) is 1.29. The molecule has 2 aliphatic heterocycles. The first kappa shape index (κ1) is 15.1.